The lowest BCUT2D eigenvalue weighted by Crippen LogP contribution is -2.04. The van der Waals surface area contributed by atoms with E-state index in [1.165, 1.54) is 6.42 Å². The second-order valence-electron chi connectivity index (χ2n) is 4.12. The fourth-order valence-electron chi connectivity index (χ4n) is 3.64. The lowest BCUT2D eigenvalue weighted by atomic mass is 9.94. The summed E-state index contributed by atoms with van der Waals surface area (Å²) in [6.45, 7) is 9.60. The van der Waals surface area contributed by atoms with Crippen LogP contribution in [0.5, 0.6) is 0 Å². The minimum absolute atomic E-state index is 0.780. The molecule has 0 heterocycles. The highest BCUT2D eigenvalue weighted by Gasteiger charge is 2.89. The van der Waals surface area contributed by atoms with Gasteiger partial charge in [-0.3, -0.25) is 0 Å². The van der Waals surface area contributed by atoms with E-state index < -0.39 is 0 Å². The summed E-state index contributed by atoms with van der Waals surface area (Å²) in [6, 6.07) is 0. The molecule has 0 saturated heterocycles. The van der Waals surface area contributed by atoms with Crippen LogP contribution in [-0.4, -0.2) is 0 Å². The summed E-state index contributed by atoms with van der Waals surface area (Å²) in [6.07, 6.45) is 1.41. The molecule has 0 aliphatic heterocycles. The summed E-state index contributed by atoms with van der Waals surface area (Å²) < 4.78 is 0. The Morgan fingerprint density at radius 2 is 1.67 bits per heavy atom. The predicted octanol–water partition coefficient (Wildman–Crippen LogP) is 2.69. The minimum Gasteiger partial charge on any atom is -0.0648 e. The predicted molar refractivity (Wildman–Crippen MR) is 39.2 cm³/mol. The van der Waals surface area contributed by atoms with Gasteiger partial charge in [0.2, 0.25) is 0 Å². The lowest BCUT2D eigenvalue weighted by Gasteiger charge is -2.11. The lowest BCUT2D eigenvalue weighted by molar-refractivity contribution is 0.374. The molecule has 9 heavy (non-hydrogen) atoms. The Bertz CT molecular complexity index is 147. The van der Waals surface area contributed by atoms with Gasteiger partial charge in [0.05, 0.1) is 0 Å². The molecule has 0 amide bonds. The van der Waals surface area contributed by atoms with Gasteiger partial charge in [0.25, 0.3) is 0 Å². The van der Waals surface area contributed by atoms with Crippen LogP contribution < -0.4 is 0 Å². The van der Waals surface area contributed by atoms with Gasteiger partial charge in [-0.1, -0.05) is 27.7 Å². The van der Waals surface area contributed by atoms with Crippen LogP contribution in [-0.2, 0) is 0 Å². The zero-order valence-electron chi connectivity index (χ0n) is 6.86. The van der Waals surface area contributed by atoms with E-state index >= 15 is 0 Å². The van der Waals surface area contributed by atoms with Crippen LogP contribution in [0.15, 0.2) is 0 Å². The topological polar surface area (TPSA) is 0 Å². The molecule has 0 radical (unpaired) electrons. The Hall–Kier alpha value is 0. The van der Waals surface area contributed by atoms with E-state index in [-0.39, 0.29) is 0 Å². The van der Waals surface area contributed by atoms with Crippen molar-refractivity contribution in [1.29, 1.82) is 0 Å². The van der Waals surface area contributed by atoms with E-state index in [0.29, 0.717) is 0 Å². The average Bonchev–Trinajstić information content (AvgIpc) is 2.55. The zero-order chi connectivity index (χ0) is 6.86. The van der Waals surface area contributed by atoms with Gasteiger partial charge < -0.3 is 0 Å². The maximum Gasteiger partial charge on any atom is -0.0178 e. The third-order valence-electron chi connectivity index (χ3n) is 4.77. The van der Waals surface area contributed by atoms with Gasteiger partial charge in [-0.2, -0.15) is 0 Å². The summed E-state index contributed by atoms with van der Waals surface area (Å²) in [5, 5.41) is 0. The molecule has 0 N–H and O–H groups in total. The largest absolute Gasteiger partial charge is 0.0648 e. The molecule has 0 heteroatoms. The summed E-state index contributed by atoms with van der Waals surface area (Å²) >= 11 is 0. The molecule has 0 aromatic heterocycles. The van der Waals surface area contributed by atoms with Crippen molar-refractivity contribution in [2.24, 2.45) is 22.7 Å². The highest BCUT2D eigenvalue weighted by molar-refractivity contribution is 5.36. The number of rotatable bonds is 1. The molecule has 2 aliphatic rings. The van der Waals surface area contributed by atoms with Crippen molar-refractivity contribution < 1.29 is 0 Å². The smallest absolute Gasteiger partial charge is 0.0178 e. The SMILES string of the molecule is CCC12C(C)C1(C)C2C. The molecule has 2 unspecified atom stereocenters. The highest BCUT2D eigenvalue weighted by Crippen LogP contribution is 2.94. The summed E-state index contributed by atoms with van der Waals surface area (Å²) in [5.41, 5.74) is 1.59. The van der Waals surface area contributed by atoms with Crippen molar-refractivity contribution in [3.8, 4) is 0 Å². The Kier molecular flexibility index (Phi) is 0.695. The molecule has 0 nitrogen and oxygen atoms in total. The number of fused-ring (bicyclic) bond motifs is 1. The Morgan fingerprint density at radius 1 is 1.22 bits per heavy atom. The fourth-order valence-corrected chi connectivity index (χ4v) is 3.64. The van der Waals surface area contributed by atoms with E-state index in [9.17, 15) is 0 Å². The van der Waals surface area contributed by atoms with E-state index in [2.05, 4.69) is 27.7 Å². The van der Waals surface area contributed by atoms with Gasteiger partial charge in [-0.25, -0.2) is 0 Å². The van der Waals surface area contributed by atoms with Crippen LogP contribution >= 0.6 is 0 Å². The first-order valence-electron chi connectivity index (χ1n) is 4.12. The first-order valence-corrected chi connectivity index (χ1v) is 4.12. The monoisotopic (exact) mass is 124 g/mol. The third kappa shape index (κ3) is 0.281. The Labute approximate surface area is 57.6 Å². The normalized spacial score (nSPS) is 69.3. The van der Waals surface area contributed by atoms with Crippen LogP contribution in [0.1, 0.15) is 34.1 Å². The van der Waals surface area contributed by atoms with Crippen LogP contribution in [0, 0.1) is 22.7 Å². The van der Waals surface area contributed by atoms with Crippen molar-refractivity contribution in [2.45, 2.75) is 34.1 Å². The molecular weight excluding hydrogens is 108 g/mol. The second kappa shape index (κ2) is 1.09. The van der Waals surface area contributed by atoms with Crippen molar-refractivity contribution in [1.82, 2.24) is 0 Å². The molecule has 0 spiro atoms. The molecule has 0 aromatic rings. The van der Waals surface area contributed by atoms with E-state index in [4.69, 9.17) is 0 Å². The van der Waals surface area contributed by atoms with Gasteiger partial charge in [-0.15, -0.1) is 0 Å². The Morgan fingerprint density at radius 3 is 1.67 bits per heavy atom. The first-order chi connectivity index (χ1) is 4.12. The number of hydrogen-bond acceptors (Lipinski definition) is 0. The van der Waals surface area contributed by atoms with Crippen LogP contribution in [0.4, 0.5) is 0 Å². The van der Waals surface area contributed by atoms with Crippen molar-refractivity contribution >= 4 is 0 Å². The van der Waals surface area contributed by atoms with Gasteiger partial charge in [-0.05, 0) is 29.1 Å². The molecule has 52 valence electrons. The maximum absolute atomic E-state index is 2.45. The van der Waals surface area contributed by atoms with Crippen LogP contribution in [0.25, 0.3) is 0 Å². The summed E-state index contributed by atoms with van der Waals surface area (Å²) in [7, 11) is 0. The zero-order valence-corrected chi connectivity index (χ0v) is 6.86. The maximum atomic E-state index is 2.45. The van der Waals surface area contributed by atoms with Crippen molar-refractivity contribution in [3.63, 3.8) is 0 Å². The van der Waals surface area contributed by atoms with Crippen LogP contribution in [0.2, 0.25) is 0 Å². The van der Waals surface area contributed by atoms with Crippen LogP contribution in [0.3, 0.4) is 0 Å². The highest BCUT2D eigenvalue weighted by atomic mass is 14.9. The molecule has 0 bridgehead atoms. The molecule has 2 saturated carbocycles. The molecule has 2 fully saturated rings. The van der Waals surface area contributed by atoms with Crippen molar-refractivity contribution in [3.05, 3.63) is 0 Å². The summed E-state index contributed by atoms with van der Waals surface area (Å²) in [5.74, 6) is 2.06. The standard InChI is InChI=1S/C9H16/c1-5-9-6(2)8(9,4)7(9)3/h6-7H,5H2,1-4H3. The fraction of sp³-hybridized carbons (Fsp3) is 1.00. The molecule has 2 atom stereocenters. The molecule has 0 aromatic carbocycles. The third-order valence-corrected chi connectivity index (χ3v) is 4.77. The summed E-state index contributed by atoms with van der Waals surface area (Å²) in [4.78, 5) is 0. The van der Waals surface area contributed by atoms with E-state index in [1.54, 1.807) is 0 Å². The number of hydrogen-bond donors (Lipinski definition) is 0. The van der Waals surface area contributed by atoms with Gasteiger partial charge in [0.15, 0.2) is 0 Å². The second-order valence-corrected chi connectivity index (χ2v) is 4.12. The van der Waals surface area contributed by atoms with Crippen molar-refractivity contribution in [2.75, 3.05) is 0 Å². The van der Waals surface area contributed by atoms with E-state index in [0.717, 1.165) is 22.7 Å². The Balaban J connectivity index is 2.21. The van der Waals surface area contributed by atoms with Gasteiger partial charge in [0, 0.05) is 0 Å². The molecule has 2 aliphatic carbocycles. The minimum atomic E-state index is 0.780. The molecule has 2 rings (SSSR count). The first kappa shape index (κ1) is 5.76. The quantitative estimate of drug-likeness (QED) is 0.504. The van der Waals surface area contributed by atoms with E-state index in [1.807, 2.05) is 0 Å². The molecular formula is C9H16. The van der Waals surface area contributed by atoms with Gasteiger partial charge >= 0.3 is 0 Å². The van der Waals surface area contributed by atoms with Gasteiger partial charge in [0.1, 0.15) is 0 Å². The average molecular weight is 124 g/mol.